The van der Waals surface area contributed by atoms with Crippen molar-refractivity contribution in [3.63, 3.8) is 0 Å². The highest BCUT2D eigenvalue weighted by Crippen LogP contribution is 2.14. The quantitative estimate of drug-likeness (QED) is 0.899. The second-order valence-corrected chi connectivity index (χ2v) is 3.98. The first kappa shape index (κ1) is 11.7. The van der Waals surface area contributed by atoms with Gasteiger partial charge in [-0.1, -0.05) is 29.8 Å². The van der Waals surface area contributed by atoms with Gasteiger partial charge in [-0.2, -0.15) is 5.10 Å². The normalized spacial score (nSPS) is 10.2. The molecule has 0 unspecified atom stereocenters. The third kappa shape index (κ3) is 3.32. The summed E-state index contributed by atoms with van der Waals surface area (Å²) in [5, 5.41) is 7.41. The monoisotopic (exact) mass is 249 g/mol. The minimum absolute atomic E-state index is 0.0892. The molecule has 0 aliphatic rings. The van der Waals surface area contributed by atoms with Crippen LogP contribution in [0, 0.1) is 0 Å². The SMILES string of the molecule is O=C(Cn1cccn1)NCc1ccccc1Cl. The molecule has 2 aromatic rings. The van der Waals surface area contributed by atoms with Gasteiger partial charge in [0.15, 0.2) is 0 Å². The summed E-state index contributed by atoms with van der Waals surface area (Å²) in [5.41, 5.74) is 0.906. The van der Waals surface area contributed by atoms with E-state index in [9.17, 15) is 4.79 Å². The third-order valence-corrected chi connectivity index (χ3v) is 2.67. The van der Waals surface area contributed by atoms with Crippen LogP contribution in [0.5, 0.6) is 0 Å². The molecular weight excluding hydrogens is 238 g/mol. The highest BCUT2D eigenvalue weighted by Gasteiger charge is 2.04. The molecule has 1 aromatic heterocycles. The molecule has 4 nitrogen and oxygen atoms in total. The van der Waals surface area contributed by atoms with E-state index < -0.39 is 0 Å². The van der Waals surface area contributed by atoms with Gasteiger partial charge < -0.3 is 5.32 Å². The topological polar surface area (TPSA) is 46.9 Å². The smallest absolute Gasteiger partial charge is 0.241 e. The van der Waals surface area contributed by atoms with E-state index >= 15 is 0 Å². The van der Waals surface area contributed by atoms with Crippen LogP contribution >= 0.6 is 11.6 Å². The van der Waals surface area contributed by atoms with E-state index in [-0.39, 0.29) is 12.5 Å². The molecule has 0 spiro atoms. The van der Waals surface area contributed by atoms with E-state index in [1.165, 1.54) is 0 Å². The Hall–Kier alpha value is -1.81. The summed E-state index contributed by atoms with van der Waals surface area (Å²) in [6.07, 6.45) is 3.39. The van der Waals surface area contributed by atoms with Gasteiger partial charge in [-0.15, -0.1) is 0 Å². The lowest BCUT2D eigenvalue weighted by Gasteiger charge is -2.06. The van der Waals surface area contributed by atoms with Crippen molar-refractivity contribution < 1.29 is 4.79 Å². The van der Waals surface area contributed by atoms with E-state index in [1.807, 2.05) is 18.2 Å². The Morgan fingerprint density at radius 3 is 2.88 bits per heavy atom. The Kier molecular flexibility index (Phi) is 3.77. The van der Waals surface area contributed by atoms with Crippen molar-refractivity contribution in [2.45, 2.75) is 13.1 Å². The minimum atomic E-state index is -0.0892. The van der Waals surface area contributed by atoms with Gasteiger partial charge in [0, 0.05) is 24.0 Å². The van der Waals surface area contributed by atoms with Crippen molar-refractivity contribution >= 4 is 17.5 Å². The molecule has 1 N–H and O–H groups in total. The Labute approximate surface area is 104 Å². The van der Waals surface area contributed by atoms with E-state index in [4.69, 9.17) is 11.6 Å². The van der Waals surface area contributed by atoms with Gasteiger partial charge >= 0.3 is 0 Å². The summed E-state index contributed by atoms with van der Waals surface area (Å²) in [5.74, 6) is -0.0892. The Morgan fingerprint density at radius 1 is 1.35 bits per heavy atom. The molecule has 88 valence electrons. The fourth-order valence-corrected chi connectivity index (χ4v) is 1.64. The number of rotatable bonds is 4. The third-order valence-electron chi connectivity index (χ3n) is 2.30. The number of aromatic nitrogens is 2. The van der Waals surface area contributed by atoms with Crippen LogP contribution in [0.25, 0.3) is 0 Å². The van der Waals surface area contributed by atoms with Crippen LogP contribution in [0.4, 0.5) is 0 Å². The fraction of sp³-hybridized carbons (Fsp3) is 0.167. The summed E-state index contributed by atoms with van der Waals surface area (Å²) < 4.78 is 1.57. The summed E-state index contributed by atoms with van der Waals surface area (Å²) in [6, 6.07) is 9.21. The molecule has 0 aliphatic heterocycles. The standard InChI is InChI=1S/C12H12ClN3O/c13-11-5-2-1-4-10(11)8-14-12(17)9-16-7-3-6-15-16/h1-7H,8-9H2,(H,14,17). The first-order valence-electron chi connectivity index (χ1n) is 5.23. The van der Waals surface area contributed by atoms with Crippen LogP contribution < -0.4 is 5.32 Å². The largest absolute Gasteiger partial charge is 0.350 e. The zero-order chi connectivity index (χ0) is 12.1. The number of nitrogens with zero attached hydrogens (tertiary/aromatic N) is 2. The van der Waals surface area contributed by atoms with Crippen molar-refractivity contribution in [2.24, 2.45) is 0 Å². The molecule has 5 heteroatoms. The molecule has 1 amide bonds. The van der Waals surface area contributed by atoms with E-state index in [0.717, 1.165) is 5.56 Å². The Morgan fingerprint density at radius 2 is 2.18 bits per heavy atom. The van der Waals surface area contributed by atoms with E-state index in [0.29, 0.717) is 11.6 Å². The van der Waals surface area contributed by atoms with Gasteiger partial charge in [0.1, 0.15) is 6.54 Å². The van der Waals surface area contributed by atoms with Gasteiger partial charge in [0.05, 0.1) is 0 Å². The maximum Gasteiger partial charge on any atom is 0.241 e. The van der Waals surface area contributed by atoms with Gasteiger partial charge in [-0.05, 0) is 17.7 Å². The second-order valence-electron chi connectivity index (χ2n) is 3.57. The number of halogens is 1. The van der Waals surface area contributed by atoms with Gasteiger partial charge in [-0.25, -0.2) is 0 Å². The predicted molar refractivity (Wildman–Crippen MR) is 65.5 cm³/mol. The van der Waals surface area contributed by atoms with E-state index in [1.54, 1.807) is 29.2 Å². The first-order chi connectivity index (χ1) is 8.25. The van der Waals surface area contributed by atoms with Crippen molar-refractivity contribution in [3.8, 4) is 0 Å². The zero-order valence-corrected chi connectivity index (χ0v) is 9.89. The molecule has 0 fully saturated rings. The first-order valence-corrected chi connectivity index (χ1v) is 5.61. The van der Waals surface area contributed by atoms with Gasteiger partial charge in [-0.3, -0.25) is 9.48 Å². The number of amides is 1. The molecule has 1 heterocycles. The fourth-order valence-electron chi connectivity index (χ4n) is 1.43. The lowest BCUT2D eigenvalue weighted by Crippen LogP contribution is -2.27. The van der Waals surface area contributed by atoms with Crippen LogP contribution in [0.1, 0.15) is 5.56 Å². The highest BCUT2D eigenvalue weighted by molar-refractivity contribution is 6.31. The average molecular weight is 250 g/mol. The highest BCUT2D eigenvalue weighted by atomic mass is 35.5. The number of hydrogen-bond acceptors (Lipinski definition) is 2. The lowest BCUT2D eigenvalue weighted by molar-refractivity contribution is -0.122. The maximum absolute atomic E-state index is 11.6. The van der Waals surface area contributed by atoms with Crippen LogP contribution in [0.3, 0.4) is 0 Å². The maximum atomic E-state index is 11.6. The summed E-state index contributed by atoms with van der Waals surface area (Å²) >= 11 is 5.98. The van der Waals surface area contributed by atoms with Crippen molar-refractivity contribution in [2.75, 3.05) is 0 Å². The van der Waals surface area contributed by atoms with E-state index in [2.05, 4.69) is 10.4 Å². The van der Waals surface area contributed by atoms with Crippen LogP contribution in [0.15, 0.2) is 42.7 Å². The molecule has 0 radical (unpaired) electrons. The number of hydrogen-bond donors (Lipinski definition) is 1. The van der Waals surface area contributed by atoms with Crippen molar-refractivity contribution in [3.05, 3.63) is 53.3 Å². The molecule has 17 heavy (non-hydrogen) atoms. The van der Waals surface area contributed by atoms with Gasteiger partial charge in [0.25, 0.3) is 0 Å². The number of benzene rings is 1. The minimum Gasteiger partial charge on any atom is -0.350 e. The molecule has 1 aromatic carbocycles. The summed E-state index contributed by atoms with van der Waals surface area (Å²) in [7, 11) is 0. The van der Waals surface area contributed by atoms with Crippen LogP contribution in [-0.2, 0) is 17.9 Å². The second kappa shape index (κ2) is 5.50. The Bertz CT molecular complexity index is 496. The number of carbonyl (C=O) groups excluding carboxylic acids is 1. The molecule has 0 saturated carbocycles. The molecule has 0 saturated heterocycles. The Balaban J connectivity index is 1.86. The number of nitrogens with one attached hydrogen (secondary N) is 1. The molecular formula is C12H12ClN3O. The van der Waals surface area contributed by atoms with Crippen LogP contribution in [-0.4, -0.2) is 15.7 Å². The van der Waals surface area contributed by atoms with Crippen molar-refractivity contribution in [1.29, 1.82) is 0 Å². The molecule has 0 atom stereocenters. The van der Waals surface area contributed by atoms with Gasteiger partial charge in [0.2, 0.25) is 5.91 Å². The summed E-state index contributed by atoms with van der Waals surface area (Å²) in [6.45, 7) is 0.650. The molecule has 0 bridgehead atoms. The molecule has 2 rings (SSSR count). The number of carbonyl (C=O) groups is 1. The van der Waals surface area contributed by atoms with Crippen LogP contribution in [0.2, 0.25) is 5.02 Å². The molecule has 0 aliphatic carbocycles. The van der Waals surface area contributed by atoms with Crippen molar-refractivity contribution in [1.82, 2.24) is 15.1 Å². The lowest BCUT2D eigenvalue weighted by atomic mass is 10.2. The zero-order valence-electron chi connectivity index (χ0n) is 9.14. The summed E-state index contributed by atoms with van der Waals surface area (Å²) in [4.78, 5) is 11.6. The predicted octanol–water partition coefficient (Wildman–Crippen LogP) is 1.85. The average Bonchev–Trinajstić information content (AvgIpc) is 2.81.